The highest BCUT2D eigenvalue weighted by atomic mass is 16.2. The monoisotopic (exact) mass is 362 g/mol. The molecule has 1 atom stereocenters. The molecule has 2 rings (SSSR count). The van der Waals surface area contributed by atoms with Crippen molar-refractivity contribution in [3.8, 4) is 0 Å². The lowest BCUT2D eigenvalue weighted by Crippen LogP contribution is -3.13. The number of rotatable bonds is 7. The SMILES string of the molecule is CC[NH+]1CCC(NC(=O)C[NH+](C)CC(=O)Nc2c(C)cccc2C)CC1. The molecule has 1 aliphatic rings. The minimum absolute atomic E-state index is 0.0346. The fraction of sp³-hybridized carbons (Fsp3) is 0.600. The molecule has 4 N–H and O–H groups in total. The van der Waals surface area contributed by atoms with Gasteiger partial charge in [0.05, 0.1) is 26.7 Å². The van der Waals surface area contributed by atoms with Gasteiger partial charge in [-0.3, -0.25) is 9.59 Å². The van der Waals surface area contributed by atoms with E-state index < -0.39 is 0 Å². The van der Waals surface area contributed by atoms with E-state index in [0.717, 1.165) is 54.2 Å². The molecule has 0 spiro atoms. The van der Waals surface area contributed by atoms with Crippen LogP contribution in [-0.2, 0) is 9.59 Å². The zero-order chi connectivity index (χ0) is 19.1. The number of likely N-dealkylation sites (tertiary alicyclic amines) is 1. The lowest BCUT2D eigenvalue weighted by Gasteiger charge is -2.29. The number of benzene rings is 1. The van der Waals surface area contributed by atoms with Gasteiger partial charge < -0.3 is 20.4 Å². The summed E-state index contributed by atoms with van der Waals surface area (Å²) in [5, 5.41) is 6.11. The molecule has 1 fully saturated rings. The summed E-state index contributed by atoms with van der Waals surface area (Å²) in [6.07, 6.45) is 2.09. The average Bonchev–Trinajstić information content (AvgIpc) is 2.58. The number of likely N-dealkylation sites (N-methyl/N-ethyl adjacent to an activating group) is 1. The Bertz CT molecular complexity index is 604. The van der Waals surface area contributed by atoms with Crippen molar-refractivity contribution in [2.75, 3.05) is 45.1 Å². The highest BCUT2D eigenvalue weighted by Gasteiger charge is 2.23. The molecule has 26 heavy (non-hydrogen) atoms. The third-order valence-electron chi connectivity index (χ3n) is 5.23. The number of anilines is 1. The maximum atomic E-state index is 12.3. The summed E-state index contributed by atoms with van der Waals surface area (Å²) in [5.41, 5.74) is 2.98. The number of carbonyl (C=O) groups is 2. The number of amides is 2. The molecule has 2 amide bonds. The first kappa shape index (κ1) is 20.4. The molecule has 0 radical (unpaired) electrons. The molecule has 1 aromatic rings. The first-order valence-electron chi connectivity index (χ1n) is 9.69. The predicted molar refractivity (Wildman–Crippen MR) is 104 cm³/mol. The van der Waals surface area contributed by atoms with Gasteiger partial charge in [-0.2, -0.15) is 0 Å². The van der Waals surface area contributed by atoms with Crippen molar-refractivity contribution >= 4 is 17.5 Å². The van der Waals surface area contributed by atoms with Gasteiger partial charge in [0.1, 0.15) is 0 Å². The highest BCUT2D eigenvalue weighted by Crippen LogP contribution is 2.18. The van der Waals surface area contributed by atoms with Gasteiger partial charge in [-0.05, 0) is 31.9 Å². The summed E-state index contributed by atoms with van der Waals surface area (Å²) < 4.78 is 0. The molecule has 0 aliphatic carbocycles. The van der Waals surface area contributed by atoms with E-state index in [1.807, 2.05) is 39.1 Å². The number of nitrogens with one attached hydrogen (secondary N) is 4. The van der Waals surface area contributed by atoms with Crippen LogP contribution >= 0.6 is 0 Å². The topological polar surface area (TPSA) is 67.1 Å². The van der Waals surface area contributed by atoms with Gasteiger partial charge in [0.2, 0.25) is 0 Å². The van der Waals surface area contributed by atoms with Crippen molar-refractivity contribution in [1.82, 2.24) is 5.32 Å². The summed E-state index contributed by atoms with van der Waals surface area (Å²) in [4.78, 5) is 27.1. The van der Waals surface area contributed by atoms with E-state index in [4.69, 9.17) is 0 Å². The third-order valence-corrected chi connectivity index (χ3v) is 5.23. The quantitative estimate of drug-likeness (QED) is 0.500. The highest BCUT2D eigenvalue weighted by molar-refractivity contribution is 5.93. The Kier molecular flexibility index (Phi) is 7.60. The van der Waals surface area contributed by atoms with Crippen LogP contribution in [0.1, 0.15) is 30.9 Å². The van der Waals surface area contributed by atoms with Crippen molar-refractivity contribution < 1.29 is 19.4 Å². The molecule has 0 saturated carbocycles. The van der Waals surface area contributed by atoms with Crippen LogP contribution in [-0.4, -0.2) is 57.6 Å². The summed E-state index contributed by atoms with van der Waals surface area (Å²) in [6, 6.07) is 6.24. The van der Waals surface area contributed by atoms with Crippen molar-refractivity contribution in [3.63, 3.8) is 0 Å². The predicted octanol–water partition coefficient (Wildman–Crippen LogP) is -1.06. The lowest BCUT2D eigenvalue weighted by molar-refractivity contribution is -0.903. The summed E-state index contributed by atoms with van der Waals surface area (Å²) in [5.74, 6) is -0.0279. The molecule has 1 saturated heterocycles. The Morgan fingerprint density at radius 3 is 2.27 bits per heavy atom. The molecule has 6 heteroatoms. The van der Waals surface area contributed by atoms with Gasteiger partial charge in [0, 0.05) is 24.6 Å². The second kappa shape index (κ2) is 9.69. The molecule has 6 nitrogen and oxygen atoms in total. The van der Waals surface area contributed by atoms with E-state index in [1.54, 1.807) is 4.90 Å². The van der Waals surface area contributed by atoms with Gasteiger partial charge in [0.25, 0.3) is 11.8 Å². The normalized spacial score (nSPS) is 21.1. The van der Waals surface area contributed by atoms with E-state index in [9.17, 15) is 9.59 Å². The van der Waals surface area contributed by atoms with Crippen LogP contribution in [0.3, 0.4) is 0 Å². The zero-order valence-electron chi connectivity index (χ0n) is 16.6. The molecule has 0 bridgehead atoms. The van der Waals surface area contributed by atoms with Crippen LogP contribution in [0.15, 0.2) is 18.2 Å². The van der Waals surface area contributed by atoms with E-state index in [-0.39, 0.29) is 24.4 Å². The molecule has 144 valence electrons. The summed E-state index contributed by atoms with van der Waals surface area (Å²) in [6.45, 7) is 10.2. The third kappa shape index (κ3) is 6.11. The number of carbonyl (C=O) groups excluding carboxylic acids is 2. The van der Waals surface area contributed by atoms with Crippen LogP contribution < -0.4 is 20.4 Å². The minimum Gasteiger partial charge on any atom is -0.348 e. The molecular weight excluding hydrogens is 328 g/mol. The van der Waals surface area contributed by atoms with Gasteiger partial charge in [-0.25, -0.2) is 0 Å². The van der Waals surface area contributed by atoms with Gasteiger partial charge in [-0.15, -0.1) is 0 Å². The second-order valence-electron chi connectivity index (χ2n) is 7.57. The largest absolute Gasteiger partial charge is 0.348 e. The molecule has 1 unspecified atom stereocenters. The van der Waals surface area contributed by atoms with Crippen LogP contribution in [0.25, 0.3) is 0 Å². The Hall–Kier alpha value is -1.92. The van der Waals surface area contributed by atoms with Gasteiger partial charge >= 0.3 is 0 Å². The van der Waals surface area contributed by atoms with Crippen LogP contribution in [0.2, 0.25) is 0 Å². The fourth-order valence-corrected chi connectivity index (χ4v) is 3.61. The summed E-state index contributed by atoms with van der Waals surface area (Å²) in [7, 11) is 1.88. The first-order valence-corrected chi connectivity index (χ1v) is 9.69. The molecule has 0 aromatic heterocycles. The van der Waals surface area contributed by atoms with Crippen LogP contribution in [0.5, 0.6) is 0 Å². The van der Waals surface area contributed by atoms with Crippen LogP contribution in [0.4, 0.5) is 5.69 Å². The molecule has 1 aliphatic heterocycles. The van der Waals surface area contributed by atoms with E-state index >= 15 is 0 Å². The van der Waals surface area contributed by atoms with Crippen molar-refractivity contribution in [3.05, 3.63) is 29.3 Å². The first-order chi connectivity index (χ1) is 12.4. The standard InChI is InChI=1S/C20H32N4O2/c1-5-24-11-9-17(10-12-24)21-18(25)13-23(4)14-19(26)22-20-15(2)7-6-8-16(20)3/h6-8,17H,5,9-14H2,1-4H3,(H,21,25)(H,22,26)/p+2. The summed E-state index contributed by atoms with van der Waals surface area (Å²) >= 11 is 0. The van der Waals surface area contributed by atoms with E-state index in [2.05, 4.69) is 17.6 Å². The Balaban J connectivity index is 1.74. The number of hydrogen-bond donors (Lipinski definition) is 4. The van der Waals surface area contributed by atoms with E-state index in [0.29, 0.717) is 6.54 Å². The second-order valence-corrected chi connectivity index (χ2v) is 7.57. The number of aryl methyl sites for hydroxylation is 2. The lowest BCUT2D eigenvalue weighted by atomic mass is 10.1. The van der Waals surface area contributed by atoms with Gasteiger partial charge in [0.15, 0.2) is 13.1 Å². The molecule has 1 heterocycles. The Labute approximate surface area is 156 Å². The smallest absolute Gasteiger partial charge is 0.279 e. The fourth-order valence-electron chi connectivity index (χ4n) is 3.61. The minimum atomic E-state index is -0.0625. The maximum absolute atomic E-state index is 12.3. The number of para-hydroxylation sites is 1. The number of quaternary nitrogens is 2. The van der Waals surface area contributed by atoms with Gasteiger partial charge in [-0.1, -0.05) is 18.2 Å². The molecule has 1 aromatic carbocycles. The van der Waals surface area contributed by atoms with Crippen molar-refractivity contribution in [2.24, 2.45) is 0 Å². The zero-order valence-corrected chi connectivity index (χ0v) is 16.6. The Morgan fingerprint density at radius 2 is 1.69 bits per heavy atom. The average molecular weight is 363 g/mol. The maximum Gasteiger partial charge on any atom is 0.279 e. The number of piperidine rings is 1. The van der Waals surface area contributed by atoms with Crippen molar-refractivity contribution in [1.29, 1.82) is 0 Å². The van der Waals surface area contributed by atoms with E-state index in [1.165, 1.54) is 0 Å². The number of hydrogen-bond acceptors (Lipinski definition) is 2. The van der Waals surface area contributed by atoms with Crippen LogP contribution in [0, 0.1) is 13.8 Å². The van der Waals surface area contributed by atoms with Crippen molar-refractivity contribution in [2.45, 2.75) is 39.7 Å². The Morgan fingerprint density at radius 1 is 1.12 bits per heavy atom. The molecular formula is C20H34N4O2+2.